The molecule has 3 aromatic rings. The summed E-state index contributed by atoms with van der Waals surface area (Å²) in [5.41, 5.74) is 3.20. The molecule has 0 bridgehead atoms. The monoisotopic (exact) mass is 462 g/mol. The maximum Gasteiger partial charge on any atom is 0.337 e. The molecule has 3 heterocycles. The molecule has 0 aliphatic carbocycles. The number of aromatic nitrogens is 3. The fourth-order valence-electron chi connectivity index (χ4n) is 4.45. The number of carboxylic acids is 1. The van der Waals surface area contributed by atoms with Crippen LogP contribution in [0.25, 0.3) is 22.3 Å². The second kappa shape index (κ2) is 8.95. The van der Waals surface area contributed by atoms with Crippen molar-refractivity contribution < 1.29 is 14.6 Å². The molecular formula is C27H34N4O3. The van der Waals surface area contributed by atoms with E-state index >= 15 is 0 Å². The van der Waals surface area contributed by atoms with Gasteiger partial charge in [0.2, 0.25) is 0 Å². The Morgan fingerprint density at radius 2 is 1.79 bits per heavy atom. The van der Waals surface area contributed by atoms with Gasteiger partial charge in [0.15, 0.2) is 11.9 Å². The van der Waals surface area contributed by atoms with E-state index in [1.807, 2.05) is 52.0 Å². The highest BCUT2D eigenvalue weighted by Gasteiger charge is 2.36. The molecule has 0 unspecified atom stereocenters. The zero-order valence-electron chi connectivity index (χ0n) is 20.9. The zero-order chi connectivity index (χ0) is 24.7. The zero-order valence-corrected chi connectivity index (χ0v) is 20.9. The molecule has 7 heteroatoms. The molecule has 1 aromatic carbocycles. The molecule has 0 spiro atoms. The molecule has 34 heavy (non-hydrogen) atoms. The lowest BCUT2D eigenvalue weighted by Crippen LogP contribution is -2.39. The van der Waals surface area contributed by atoms with Crippen LogP contribution in [0, 0.1) is 12.3 Å². The molecule has 0 saturated carbocycles. The fraction of sp³-hybridized carbons (Fsp3) is 0.481. The number of aliphatic carboxylic acids is 1. The predicted octanol–water partition coefficient (Wildman–Crippen LogP) is 5.57. The van der Waals surface area contributed by atoms with Crippen LogP contribution in [0.4, 0.5) is 5.69 Å². The second-order valence-corrected chi connectivity index (χ2v) is 10.9. The number of fused-ring (bicyclic) bond motifs is 1. The number of ether oxygens (including phenoxy) is 1. The van der Waals surface area contributed by atoms with Crippen molar-refractivity contribution in [1.29, 1.82) is 0 Å². The standard InChI is InChI=1S/C27H34N4O3/c1-17-21(23(25(32)33)34-26(2,3)4)22(31-13-11-27(5,6)12-14-31)19(16-28-17)24-29-15-18-9-7-8-10-20(18)30-24/h7-10,15-16,23H,11-14H2,1-6H3,(H,32,33)/t23-/m0/s1. The number of hydrogen-bond donors (Lipinski definition) is 1. The van der Waals surface area contributed by atoms with E-state index in [4.69, 9.17) is 9.72 Å². The van der Waals surface area contributed by atoms with E-state index in [-0.39, 0.29) is 5.41 Å². The van der Waals surface area contributed by atoms with Crippen LogP contribution in [0.2, 0.25) is 0 Å². The maximum atomic E-state index is 12.5. The Hall–Kier alpha value is -3.06. The van der Waals surface area contributed by atoms with E-state index in [9.17, 15) is 9.90 Å². The Balaban J connectivity index is 1.94. The van der Waals surface area contributed by atoms with E-state index < -0.39 is 17.7 Å². The van der Waals surface area contributed by atoms with Gasteiger partial charge in [0.25, 0.3) is 0 Å². The van der Waals surface area contributed by atoms with Crippen molar-refractivity contribution in [3.63, 3.8) is 0 Å². The summed E-state index contributed by atoms with van der Waals surface area (Å²) in [5, 5.41) is 11.2. The maximum absolute atomic E-state index is 12.5. The lowest BCUT2D eigenvalue weighted by molar-refractivity contribution is -0.160. The summed E-state index contributed by atoms with van der Waals surface area (Å²) in [5.74, 6) is -0.498. The molecule has 0 radical (unpaired) electrons. The fourth-order valence-corrected chi connectivity index (χ4v) is 4.45. The molecule has 0 amide bonds. The summed E-state index contributed by atoms with van der Waals surface area (Å²) in [6.45, 7) is 13.6. The number of carboxylic acid groups (broad SMARTS) is 1. The lowest BCUT2D eigenvalue weighted by Gasteiger charge is -2.40. The quantitative estimate of drug-likeness (QED) is 0.530. The summed E-state index contributed by atoms with van der Waals surface area (Å²) < 4.78 is 6.09. The Morgan fingerprint density at radius 3 is 2.44 bits per heavy atom. The molecule has 180 valence electrons. The number of rotatable bonds is 5. The minimum Gasteiger partial charge on any atom is -0.479 e. The highest BCUT2D eigenvalue weighted by molar-refractivity contribution is 5.86. The number of carbonyl (C=O) groups is 1. The molecule has 1 aliphatic heterocycles. The van der Waals surface area contributed by atoms with Crippen LogP contribution in [0.1, 0.15) is 64.8 Å². The highest BCUT2D eigenvalue weighted by atomic mass is 16.5. The lowest BCUT2D eigenvalue weighted by atomic mass is 9.82. The van der Waals surface area contributed by atoms with Crippen molar-refractivity contribution in [2.75, 3.05) is 18.0 Å². The van der Waals surface area contributed by atoms with Gasteiger partial charge in [-0.2, -0.15) is 0 Å². The smallest absolute Gasteiger partial charge is 0.337 e. The van der Waals surface area contributed by atoms with Crippen molar-refractivity contribution in [2.24, 2.45) is 5.41 Å². The number of pyridine rings is 1. The van der Waals surface area contributed by atoms with Crippen LogP contribution in [0.5, 0.6) is 0 Å². The van der Waals surface area contributed by atoms with Gasteiger partial charge in [0, 0.05) is 42.1 Å². The number of piperidine rings is 1. The van der Waals surface area contributed by atoms with Gasteiger partial charge in [-0.3, -0.25) is 4.98 Å². The van der Waals surface area contributed by atoms with Crippen LogP contribution in [-0.2, 0) is 9.53 Å². The third-order valence-corrected chi connectivity index (χ3v) is 6.41. The van der Waals surface area contributed by atoms with Gasteiger partial charge in [0.05, 0.1) is 22.4 Å². The third-order valence-electron chi connectivity index (χ3n) is 6.41. The van der Waals surface area contributed by atoms with E-state index in [2.05, 4.69) is 28.7 Å². The van der Waals surface area contributed by atoms with Crippen molar-refractivity contribution in [2.45, 2.75) is 66.1 Å². The van der Waals surface area contributed by atoms with Gasteiger partial charge in [-0.05, 0) is 52.0 Å². The van der Waals surface area contributed by atoms with Crippen LogP contribution in [0.3, 0.4) is 0 Å². The normalized spacial score (nSPS) is 17.1. The van der Waals surface area contributed by atoms with Crippen LogP contribution >= 0.6 is 0 Å². The average Bonchev–Trinajstić information content (AvgIpc) is 2.76. The summed E-state index contributed by atoms with van der Waals surface area (Å²) in [6, 6.07) is 7.83. The molecule has 1 saturated heterocycles. The van der Waals surface area contributed by atoms with E-state index in [1.165, 1.54) is 0 Å². The van der Waals surface area contributed by atoms with Crippen molar-refractivity contribution in [3.8, 4) is 11.4 Å². The summed E-state index contributed by atoms with van der Waals surface area (Å²) in [4.78, 5) is 28.8. The molecule has 1 fully saturated rings. The number of nitrogens with zero attached hydrogens (tertiary/aromatic N) is 4. The minimum absolute atomic E-state index is 0.243. The van der Waals surface area contributed by atoms with E-state index in [0.29, 0.717) is 17.1 Å². The topological polar surface area (TPSA) is 88.4 Å². The second-order valence-electron chi connectivity index (χ2n) is 10.9. The van der Waals surface area contributed by atoms with Gasteiger partial charge in [-0.25, -0.2) is 14.8 Å². The molecule has 2 aromatic heterocycles. The van der Waals surface area contributed by atoms with Gasteiger partial charge < -0.3 is 14.7 Å². The van der Waals surface area contributed by atoms with Gasteiger partial charge >= 0.3 is 5.97 Å². The summed E-state index contributed by atoms with van der Waals surface area (Å²) in [6.07, 6.45) is 4.43. The first-order chi connectivity index (χ1) is 16.0. The first-order valence-corrected chi connectivity index (χ1v) is 11.8. The number of anilines is 1. The third kappa shape index (κ3) is 5.04. The summed E-state index contributed by atoms with van der Waals surface area (Å²) >= 11 is 0. The molecule has 1 atom stereocenters. The predicted molar refractivity (Wildman–Crippen MR) is 134 cm³/mol. The van der Waals surface area contributed by atoms with Gasteiger partial charge in [-0.1, -0.05) is 32.0 Å². The van der Waals surface area contributed by atoms with E-state index in [1.54, 1.807) is 12.4 Å². The molecule has 7 nitrogen and oxygen atoms in total. The van der Waals surface area contributed by atoms with Gasteiger partial charge in [0.1, 0.15) is 0 Å². The highest BCUT2D eigenvalue weighted by Crippen LogP contribution is 2.42. The Labute approximate surface area is 201 Å². The van der Waals surface area contributed by atoms with E-state index in [0.717, 1.165) is 48.1 Å². The van der Waals surface area contributed by atoms with Crippen LogP contribution in [0.15, 0.2) is 36.7 Å². The Morgan fingerprint density at radius 1 is 1.12 bits per heavy atom. The Bertz CT molecular complexity index is 1210. The molecule has 1 N–H and O–H groups in total. The minimum atomic E-state index is -1.15. The number of hydrogen-bond acceptors (Lipinski definition) is 6. The average molecular weight is 463 g/mol. The molecular weight excluding hydrogens is 428 g/mol. The first kappa shape index (κ1) is 24.1. The van der Waals surface area contributed by atoms with Crippen molar-refractivity contribution >= 4 is 22.6 Å². The number of aryl methyl sites for hydroxylation is 1. The summed E-state index contributed by atoms with van der Waals surface area (Å²) in [7, 11) is 0. The SMILES string of the molecule is Cc1ncc(-c2ncc3ccccc3n2)c(N2CCC(C)(C)CC2)c1[C@H](OC(C)(C)C)C(=O)O. The van der Waals surface area contributed by atoms with Crippen molar-refractivity contribution in [1.82, 2.24) is 15.0 Å². The Kier molecular flexibility index (Phi) is 6.34. The number of para-hydroxylation sites is 1. The first-order valence-electron chi connectivity index (χ1n) is 11.8. The van der Waals surface area contributed by atoms with Gasteiger partial charge in [-0.15, -0.1) is 0 Å². The van der Waals surface area contributed by atoms with Crippen LogP contribution < -0.4 is 4.90 Å². The van der Waals surface area contributed by atoms with Crippen molar-refractivity contribution in [3.05, 3.63) is 47.9 Å². The molecule has 4 rings (SSSR count). The largest absolute Gasteiger partial charge is 0.479 e. The molecule has 1 aliphatic rings. The number of benzene rings is 1. The van der Waals surface area contributed by atoms with Crippen LogP contribution in [-0.4, -0.2) is 44.7 Å².